The molecule has 2 aromatic heterocycles. The smallest absolute Gasteiger partial charge is 0.260 e. The van der Waals surface area contributed by atoms with Gasteiger partial charge in [-0.05, 0) is 12.1 Å². The van der Waals surface area contributed by atoms with Crippen molar-refractivity contribution < 1.29 is 8.42 Å². The number of rotatable bonds is 5. The Bertz CT molecular complexity index is 665. The molecule has 7 nitrogen and oxygen atoms in total. The van der Waals surface area contributed by atoms with Crippen LogP contribution in [-0.2, 0) is 23.6 Å². The topological polar surface area (TPSA) is 88.9 Å². The lowest BCUT2D eigenvalue weighted by molar-refractivity contribution is 0.578. The predicted molar refractivity (Wildman–Crippen MR) is 71.0 cm³/mol. The van der Waals surface area contributed by atoms with Crippen LogP contribution in [0.5, 0.6) is 0 Å². The molecule has 0 aliphatic rings. The Morgan fingerprint density at radius 3 is 2.84 bits per heavy atom. The molecule has 0 saturated heterocycles. The van der Waals surface area contributed by atoms with Crippen molar-refractivity contribution in [2.24, 2.45) is 7.05 Å². The molecule has 0 unspecified atom stereocenters. The summed E-state index contributed by atoms with van der Waals surface area (Å²) in [4.78, 5) is 3.90. The van der Waals surface area contributed by atoms with Crippen LogP contribution in [0.1, 0.15) is 5.56 Å². The molecular formula is C11H15N5O2S. The summed E-state index contributed by atoms with van der Waals surface area (Å²) in [7, 11) is -0.229. The van der Waals surface area contributed by atoms with E-state index in [9.17, 15) is 8.42 Å². The number of aryl methyl sites for hydroxylation is 1. The molecule has 0 saturated carbocycles. The summed E-state index contributed by atoms with van der Waals surface area (Å²) in [6.45, 7) is 0.176. The number of hydrogen-bond acceptors (Lipinski definition) is 5. The minimum Gasteiger partial charge on any atom is -0.386 e. The van der Waals surface area contributed by atoms with E-state index in [2.05, 4.69) is 20.1 Å². The van der Waals surface area contributed by atoms with Gasteiger partial charge in [-0.25, -0.2) is 18.1 Å². The second kappa shape index (κ2) is 5.37. The van der Waals surface area contributed by atoms with E-state index in [1.807, 2.05) is 0 Å². The molecule has 0 aromatic carbocycles. The van der Waals surface area contributed by atoms with Gasteiger partial charge in [-0.3, -0.25) is 4.68 Å². The van der Waals surface area contributed by atoms with E-state index in [1.165, 1.54) is 6.20 Å². The van der Waals surface area contributed by atoms with Gasteiger partial charge in [-0.15, -0.1) is 0 Å². The SMILES string of the molecule is CNc1cccnc1S(=O)(=O)NCc1cnn(C)c1. The fourth-order valence-electron chi connectivity index (χ4n) is 1.61. The number of anilines is 1. The maximum Gasteiger partial charge on any atom is 0.260 e. The van der Waals surface area contributed by atoms with Gasteiger partial charge in [0.25, 0.3) is 10.0 Å². The Kier molecular flexibility index (Phi) is 3.82. The number of pyridine rings is 1. The van der Waals surface area contributed by atoms with Crippen molar-refractivity contribution in [3.63, 3.8) is 0 Å². The van der Waals surface area contributed by atoms with Gasteiger partial charge in [0.2, 0.25) is 0 Å². The largest absolute Gasteiger partial charge is 0.386 e. The van der Waals surface area contributed by atoms with Crippen molar-refractivity contribution in [1.29, 1.82) is 0 Å². The second-order valence-electron chi connectivity index (χ2n) is 3.95. The molecule has 102 valence electrons. The van der Waals surface area contributed by atoms with Crippen molar-refractivity contribution in [3.05, 3.63) is 36.3 Å². The minimum atomic E-state index is -3.65. The molecule has 0 bridgehead atoms. The van der Waals surface area contributed by atoms with Gasteiger partial charge < -0.3 is 5.32 Å². The molecule has 19 heavy (non-hydrogen) atoms. The number of hydrogen-bond donors (Lipinski definition) is 2. The zero-order chi connectivity index (χ0) is 13.9. The fraction of sp³-hybridized carbons (Fsp3) is 0.273. The van der Waals surface area contributed by atoms with E-state index >= 15 is 0 Å². The Balaban J connectivity index is 2.18. The number of nitrogens with zero attached hydrogens (tertiary/aromatic N) is 3. The first kappa shape index (κ1) is 13.5. The Morgan fingerprint density at radius 2 is 2.21 bits per heavy atom. The van der Waals surface area contributed by atoms with Gasteiger partial charge in [0.05, 0.1) is 11.9 Å². The number of aromatic nitrogens is 3. The Labute approximate surface area is 111 Å². The minimum absolute atomic E-state index is 0.0126. The fourth-order valence-corrected chi connectivity index (χ4v) is 2.76. The van der Waals surface area contributed by atoms with E-state index in [0.717, 1.165) is 5.56 Å². The van der Waals surface area contributed by atoms with E-state index in [-0.39, 0.29) is 11.6 Å². The van der Waals surface area contributed by atoms with Crippen molar-refractivity contribution in [3.8, 4) is 0 Å². The lowest BCUT2D eigenvalue weighted by atomic mass is 10.4. The molecule has 0 fully saturated rings. The molecule has 2 N–H and O–H groups in total. The second-order valence-corrected chi connectivity index (χ2v) is 5.64. The van der Waals surface area contributed by atoms with Crippen LogP contribution in [-0.4, -0.2) is 30.2 Å². The highest BCUT2D eigenvalue weighted by Gasteiger charge is 2.19. The molecule has 0 aliphatic carbocycles. The zero-order valence-electron chi connectivity index (χ0n) is 10.7. The molecule has 2 heterocycles. The third-order valence-electron chi connectivity index (χ3n) is 2.52. The van der Waals surface area contributed by atoms with Crippen molar-refractivity contribution in [2.75, 3.05) is 12.4 Å². The standard InChI is InChI=1S/C11H15N5O2S/c1-12-10-4-3-5-13-11(10)19(17,18)15-7-9-6-14-16(2)8-9/h3-6,8,12,15H,7H2,1-2H3. The Hall–Kier alpha value is -1.93. The van der Waals surface area contributed by atoms with Gasteiger partial charge in [-0.2, -0.15) is 5.10 Å². The van der Waals surface area contributed by atoms with E-state index in [0.29, 0.717) is 5.69 Å². The van der Waals surface area contributed by atoms with Crippen LogP contribution in [0.4, 0.5) is 5.69 Å². The summed E-state index contributed by atoms with van der Waals surface area (Å²) >= 11 is 0. The maximum absolute atomic E-state index is 12.2. The summed E-state index contributed by atoms with van der Waals surface area (Å²) in [6.07, 6.45) is 4.80. The van der Waals surface area contributed by atoms with Gasteiger partial charge >= 0.3 is 0 Å². The summed E-state index contributed by atoms with van der Waals surface area (Å²) in [5.74, 6) is 0. The highest BCUT2D eigenvalue weighted by Crippen LogP contribution is 2.17. The number of nitrogens with one attached hydrogen (secondary N) is 2. The summed E-state index contributed by atoms with van der Waals surface area (Å²) in [6, 6.07) is 3.33. The van der Waals surface area contributed by atoms with E-state index < -0.39 is 10.0 Å². The molecular weight excluding hydrogens is 266 g/mol. The average molecular weight is 281 g/mol. The third kappa shape index (κ3) is 3.09. The Morgan fingerprint density at radius 1 is 1.42 bits per heavy atom. The first-order valence-corrected chi connectivity index (χ1v) is 7.11. The molecule has 0 amide bonds. The van der Waals surface area contributed by atoms with E-state index in [4.69, 9.17) is 0 Å². The molecule has 8 heteroatoms. The van der Waals surface area contributed by atoms with Gasteiger partial charge in [0.15, 0.2) is 5.03 Å². The molecule has 0 aliphatic heterocycles. The van der Waals surface area contributed by atoms with Crippen LogP contribution < -0.4 is 10.0 Å². The molecule has 2 aromatic rings. The first-order chi connectivity index (χ1) is 9.03. The monoisotopic (exact) mass is 281 g/mol. The van der Waals surface area contributed by atoms with Gasteiger partial charge in [0, 0.05) is 38.6 Å². The lowest BCUT2D eigenvalue weighted by Gasteiger charge is -2.09. The van der Waals surface area contributed by atoms with Crippen molar-refractivity contribution >= 4 is 15.7 Å². The summed E-state index contributed by atoms with van der Waals surface area (Å²) in [5, 5.41) is 6.77. The average Bonchev–Trinajstić information content (AvgIpc) is 2.82. The van der Waals surface area contributed by atoms with Crippen molar-refractivity contribution in [2.45, 2.75) is 11.6 Å². The van der Waals surface area contributed by atoms with Crippen LogP contribution >= 0.6 is 0 Å². The van der Waals surface area contributed by atoms with Crippen LogP contribution in [0.15, 0.2) is 35.7 Å². The predicted octanol–water partition coefficient (Wildman–Crippen LogP) is 0.335. The zero-order valence-corrected chi connectivity index (χ0v) is 11.5. The van der Waals surface area contributed by atoms with Crippen molar-refractivity contribution in [1.82, 2.24) is 19.5 Å². The molecule has 2 rings (SSSR count). The van der Waals surface area contributed by atoms with Crippen LogP contribution in [0.2, 0.25) is 0 Å². The third-order valence-corrected chi connectivity index (χ3v) is 3.88. The van der Waals surface area contributed by atoms with Gasteiger partial charge in [-0.1, -0.05) is 0 Å². The summed E-state index contributed by atoms with van der Waals surface area (Å²) < 4.78 is 28.4. The van der Waals surface area contributed by atoms with Crippen LogP contribution in [0.3, 0.4) is 0 Å². The normalized spacial score (nSPS) is 11.5. The van der Waals surface area contributed by atoms with Crippen LogP contribution in [0.25, 0.3) is 0 Å². The molecule has 0 radical (unpaired) electrons. The van der Waals surface area contributed by atoms with E-state index in [1.54, 1.807) is 43.3 Å². The highest BCUT2D eigenvalue weighted by molar-refractivity contribution is 7.89. The first-order valence-electron chi connectivity index (χ1n) is 5.63. The lowest BCUT2D eigenvalue weighted by Crippen LogP contribution is -2.24. The van der Waals surface area contributed by atoms with Crippen LogP contribution in [0, 0.1) is 0 Å². The quantitative estimate of drug-likeness (QED) is 0.824. The summed E-state index contributed by atoms with van der Waals surface area (Å²) in [5.41, 5.74) is 1.24. The maximum atomic E-state index is 12.2. The molecule has 0 atom stereocenters. The number of sulfonamides is 1. The molecule has 0 spiro atoms. The van der Waals surface area contributed by atoms with Gasteiger partial charge in [0.1, 0.15) is 0 Å². The highest BCUT2D eigenvalue weighted by atomic mass is 32.2.